The van der Waals surface area contributed by atoms with E-state index in [1.807, 2.05) is 0 Å². The molecule has 3 atom stereocenters. The summed E-state index contributed by atoms with van der Waals surface area (Å²) in [5.41, 5.74) is 5.81. The van der Waals surface area contributed by atoms with Gasteiger partial charge in [-0.3, -0.25) is 4.79 Å². The molecule has 3 N–H and O–H groups in total. The summed E-state index contributed by atoms with van der Waals surface area (Å²) in [5, 5.41) is 3.14. The Balaban J connectivity index is 1.73. The maximum atomic E-state index is 11.9. The second kappa shape index (κ2) is 5.85. The molecule has 2 saturated carbocycles. The molecule has 0 aromatic carbocycles. The van der Waals surface area contributed by atoms with Gasteiger partial charge in [-0.15, -0.1) is 0 Å². The Morgan fingerprint density at radius 2 is 1.88 bits per heavy atom. The van der Waals surface area contributed by atoms with Crippen LogP contribution in [0.3, 0.4) is 0 Å². The molecular formula is C14H26N2O. The third-order valence-electron chi connectivity index (χ3n) is 4.65. The predicted octanol–water partition coefficient (Wildman–Crippen LogP) is 1.91. The van der Waals surface area contributed by atoms with Crippen LogP contribution >= 0.6 is 0 Å². The van der Waals surface area contributed by atoms with E-state index in [0.29, 0.717) is 17.8 Å². The molecule has 0 heterocycles. The molecule has 0 aromatic rings. The van der Waals surface area contributed by atoms with Crippen LogP contribution in [0.5, 0.6) is 0 Å². The van der Waals surface area contributed by atoms with Gasteiger partial charge in [0.05, 0.1) is 0 Å². The first-order chi connectivity index (χ1) is 8.22. The number of nitrogens with two attached hydrogens (primary N) is 1. The van der Waals surface area contributed by atoms with Crippen molar-refractivity contribution in [3.63, 3.8) is 0 Å². The average Bonchev–Trinajstić information content (AvgIpc) is 3.19. The molecule has 2 aliphatic carbocycles. The molecule has 0 radical (unpaired) electrons. The van der Waals surface area contributed by atoms with Gasteiger partial charge in [-0.05, 0) is 50.0 Å². The summed E-state index contributed by atoms with van der Waals surface area (Å²) in [7, 11) is 0. The minimum Gasteiger partial charge on any atom is -0.356 e. The molecule has 2 rings (SSSR count). The van der Waals surface area contributed by atoms with Gasteiger partial charge in [0.15, 0.2) is 0 Å². The average molecular weight is 238 g/mol. The predicted molar refractivity (Wildman–Crippen MR) is 69.4 cm³/mol. The van der Waals surface area contributed by atoms with E-state index in [1.165, 1.54) is 38.5 Å². The molecule has 3 heteroatoms. The monoisotopic (exact) mass is 238 g/mol. The first-order valence-electron chi connectivity index (χ1n) is 7.20. The number of carbonyl (C=O) groups excluding carboxylic acids is 1. The van der Waals surface area contributed by atoms with Gasteiger partial charge >= 0.3 is 0 Å². The number of rotatable bonds is 5. The lowest BCUT2D eigenvalue weighted by Crippen LogP contribution is -2.39. The highest BCUT2D eigenvalue weighted by atomic mass is 16.1. The van der Waals surface area contributed by atoms with E-state index in [1.54, 1.807) is 0 Å². The maximum absolute atomic E-state index is 11.9. The Bertz CT molecular complexity index is 263. The molecule has 1 amide bonds. The molecule has 17 heavy (non-hydrogen) atoms. The van der Waals surface area contributed by atoms with Gasteiger partial charge in [-0.2, -0.15) is 0 Å². The molecule has 0 aliphatic heterocycles. The van der Waals surface area contributed by atoms with Gasteiger partial charge in [0.25, 0.3) is 0 Å². The number of amides is 1. The summed E-state index contributed by atoms with van der Waals surface area (Å²) < 4.78 is 0. The first kappa shape index (κ1) is 12.9. The van der Waals surface area contributed by atoms with Crippen LogP contribution in [-0.2, 0) is 4.79 Å². The first-order valence-corrected chi connectivity index (χ1v) is 7.20. The molecule has 2 fully saturated rings. The Hall–Kier alpha value is -0.570. The zero-order valence-corrected chi connectivity index (χ0v) is 11.0. The minimum absolute atomic E-state index is 0.218. The molecule has 0 bridgehead atoms. The minimum atomic E-state index is 0.218. The zero-order chi connectivity index (χ0) is 12.3. The van der Waals surface area contributed by atoms with Crippen molar-refractivity contribution >= 4 is 5.91 Å². The van der Waals surface area contributed by atoms with Crippen molar-refractivity contribution in [1.82, 2.24) is 5.32 Å². The van der Waals surface area contributed by atoms with Gasteiger partial charge < -0.3 is 11.1 Å². The number of carbonyl (C=O) groups is 1. The lowest BCUT2D eigenvalue weighted by molar-refractivity contribution is -0.125. The molecule has 3 unspecified atom stereocenters. The van der Waals surface area contributed by atoms with Crippen LogP contribution in [0.25, 0.3) is 0 Å². The summed E-state index contributed by atoms with van der Waals surface area (Å²) in [6.45, 7) is 3.69. The molecule has 3 nitrogen and oxygen atoms in total. The summed E-state index contributed by atoms with van der Waals surface area (Å²) in [6, 6.07) is 0. The van der Waals surface area contributed by atoms with Crippen molar-refractivity contribution in [2.24, 2.45) is 29.4 Å². The SMILES string of the molecule is CC(C(=O)NCC1CCCCC1CN)C1CC1. The Kier molecular flexibility index (Phi) is 4.43. The third kappa shape index (κ3) is 3.44. The summed E-state index contributed by atoms with van der Waals surface area (Å²) in [5.74, 6) is 2.37. The highest BCUT2D eigenvalue weighted by Crippen LogP contribution is 2.36. The van der Waals surface area contributed by atoms with E-state index < -0.39 is 0 Å². The van der Waals surface area contributed by atoms with Crippen molar-refractivity contribution in [3.05, 3.63) is 0 Å². The van der Waals surface area contributed by atoms with E-state index in [4.69, 9.17) is 5.73 Å². The van der Waals surface area contributed by atoms with Gasteiger partial charge in [-0.1, -0.05) is 19.8 Å². The topological polar surface area (TPSA) is 55.1 Å². The van der Waals surface area contributed by atoms with Crippen molar-refractivity contribution in [2.75, 3.05) is 13.1 Å². The molecule has 0 saturated heterocycles. The van der Waals surface area contributed by atoms with Crippen LogP contribution < -0.4 is 11.1 Å². The summed E-state index contributed by atoms with van der Waals surface area (Å²) >= 11 is 0. The smallest absolute Gasteiger partial charge is 0.223 e. The highest BCUT2D eigenvalue weighted by Gasteiger charge is 2.33. The second-order valence-electron chi connectivity index (χ2n) is 5.91. The molecule has 2 aliphatic rings. The van der Waals surface area contributed by atoms with Gasteiger partial charge in [0.2, 0.25) is 5.91 Å². The summed E-state index contributed by atoms with van der Waals surface area (Å²) in [6.07, 6.45) is 7.57. The Morgan fingerprint density at radius 1 is 1.24 bits per heavy atom. The van der Waals surface area contributed by atoms with Crippen molar-refractivity contribution in [3.8, 4) is 0 Å². The van der Waals surface area contributed by atoms with E-state index in [0.717, 1.165) is 13.1 Å². The third-order valence-corrected chi connectivity index (χ3v) is 4.65. The highest BCUT2D eigenvalue weighted by molar-refractivity contribution is 5.78. The normalized spacial score (nSPS) is 30.9. The van der Waals surface area contributed by atoms with Crippen LogP contribution in [0.15, 0.2) is 0 Å². The van der Waals surface area contributed by atoms with E-state index in [-0.39, 0.29) is 11.8 Å². The molecule has 0 aromatic heterocycles. The summed E-state index contributed by atoms with van der Waals surface area (Å²) in [4.78, 5) is 11.9. The largest absolute Gasteiger partial charge is 0.356 e. The molecule has 0 spiro atoms. The van der Waals surface area contributed by atoms with Crippen molar-refractivity contribution in [1.29, 1.82) is 0 Å². The van der Waals surface area contributed by atoms with E-state index in [2.05, 4.69) is 12.2 Å². The second-order valence-corrected chi connectivity index (χ2v) is 5.91. The lowest BCUT2D eigenvalue weighted by atomic mass is 9.79. The fraction of sp³-hybridized carbons (Fsp3) is 0.929. The standard InChI is InChI=1S/C14H26N2O/c1-10(11-6-7-11)14(17)16-9-13-5-3-2-4-12(13)8-15/h10-13H,2-9,15H2,1H3,(H,16,17). The lowest BCUT2D eigenvalue weighted by Gasteiger charge is -2.31. The number of hydrogen-bond acceptors (Lipinski definition) is 2. The van der Waals surface area contributed by atoms with Crippen LogP contribution in [0, 0.1) is 23.7 Å². The maximum Gasteiger partial charge on any atom is 0.223 e. The Morgan fingerprint density at radius 3 is 2.47 bits per heavy atom. The van der Waals surface area contributed by atoms with Crippen LogP contribution in [0.4, 0.5) is 0 Å². The van der Waals surface area contributed by atoms with Crippen LogP contribution in [-0.4, -0.2) is 19.0 Å². The molecular weight excluding hydrogens is 212 g/mol. The number of hydrogen-bond donors (Lipinski definition) is 2. The van der Waals surface area contributed by atoms with E-state index >= 15 is 0 Å². The number of nitrogens with one attached hydrogen (secondary N) is 1. The van der Waals surface area contributed by atoms with Gasteiger partial charge in [0.1, 0.15) is 0 Å². The van der Waals surface area contributed by atoms with Crippen LogP contribution in [0.2, 0.25) is 0 Å². The fourth-order valence-electron chi connectivity index (χ4n) is 3.07. The van der Waals surface area contributed by atoms with Gasteiger partial charge in [0, 0.05) is 12.5 Å². The fourth-order valence-corrected chi connectivity index (χ4v) is 3.07. The molecule has 98 valence electrons. The Labute approximate surface area is 105 Å². The van der Waals surface area contributed by atoms with Crippen LogP contribution in [0.1, 0.15) is 45.4 Å². The van der Waals surface area contributed by atoms with Gasteiger partial charge in [-0.25, -0.2) is 0 Å². The quantitative estimate of drug-likeness (QED) is 0.769. The van der Waals surface area contributed by atoms with Crippen molar-refractivity contribution in [2.45, 2.75) is 45.4 Å². The van der Waals surface area contributed by atoms with Crippen molar-refractivity contribution < 1.29 is 4.79 Å². The van der Waals surface area contributed by atoms with E-state index in [9.17, 15) is 4.79 Å². The zero-order valence-electron chi connectivity index (χ0n) is 11.0.